The summed E-state index contributed by atoms with van der Waals surface area (Å²) in [5.74, 6) is 0.600. The van der Waals surface area contributed by atoms with Gasteiger partial charge < -0.3 is 15.7 Å². The fourth-order valence-electron chi connectivity index (χ4n) is 2.17. The number of anilines is 1. The monoisotopic (exact) mass is 317 g/mol. The van der Waals surface area contributed by atoms with Gasteiger partial charge in [0.15, 0.2) is 0 Å². The second-order valence-electron chi connectivity index (χ2n) is 4.71. The molecule has 6 nitrogen and oxygen atoms in total. The number of hydrogen-bond donors (Lipinski definition) is 3. The lowest BCUT2D eigenvalue weighted by Gasteiger charge is -2.19. The zero-order valence-electron chi connectivity index (χ0n) is 12.9. The predicted octanol–water partition coefficient (Wildman–Crippen LogP) is 2.89. The molecule has 0 amide bonds. The average Bonchev–Trinajstić information content (AvgIpc) is 3.01. The van der Waals surface area contributed by atoms with Gasteiger partial charge in [0.2, 0.25) is 0 Å². The van der Waals surface area contributed by atoms with Crippen LogP contribution in [0.5, 0.6) is 0 Å². The Kier molecular flexibility index (Phi) is 4.87. The smallest absolute Gasteiger partial charge is 0.261 e. The van der Waals surface area contributed by atoms with Gasteiger partial charge in [-0.1, -0.05) is 6.58 Å². The molecule has 2 aromatic rings. The number of thioether (sulfide) groups is 1. The number of nitrogens with one attached hydrogen (secondary N) is 3. The molecule has 0 spiro atoms. The molecule has 0 saturated carbocycles. The normalized spacial score (nSPS) is 10.5. The first kappa shape index (κ1) is 16.1. The minimum absolute atomic E-state index is 0.131. The molecule has 0 atom stereocenters. The number of nitrogens with zero attached hydrogens (tertiary/aromatic N) is 2. The molecule has 2 rings (SSSR count). The maximum absolute atomic E-state index is 12.7. The van der Waals surface area contributed by atoms with Crippen molar-refractivity contribution in [2.45, 2.75) is 20.4 Å². The van der Waals surface area contributed by atoms with Crippen molar-refractivity contribution in [1.82, 2.24) is 14.5 Å². The molecule has 116 valence electrons. The number of H-pyrrole nitrogens is 1. The lowest BCUT2D eigenvalue weighted by molar-refractivity contribution is 0.736. The van der Waals surface area contributed by atoms with Crippen LogP contribution in [-0.4, -0.2) is 26.5 Å². The van der Waals surface area contributed by atoms with E-state index in [1.807, 2.05) is 13.2 Å². The van der Waals surface area contributed by atoms with Crippen LogP contribution in [0.1, 0.15) is 19.4 Å². The highest BCUT2D eigenvalue weighted by atomic mass is 32.2. The van der Waals surface area contributed by atoms with Crippen LogP contribution in [0.2, 0.25) is 0 Å². The Morgan fingerprint density at radius 2 is 2.32 bits per heavy atom. The summed E-state index contributed by atoms with van der Waals surface area (Å²) in [5, 5.41) is 11.9. The van der Waals surface area contributed by atoms with Crippen molar-refractivity contribution in [3.63, 3.8) is 0 Å². The topological polar surface area (TPSA) is 86.6 Å². The number of hydrogen-bond acceptors (Lipinski definition) is 5. The Hall–Kier alpha value is -2.28. The number of aromatic amines is 1. The third-order valence-electron chi connectivity index (χ3n) is 3.30. The SMILES string of the molecule is C=C(Nc1c(C(C)=N)cc(-c2cnc[nH]2)c(=O)n1CC)SC. The van der Waals surface area contributed by atoms with Gasteiger partial charge in [-0.25, -0.2) is 4.98 Å². The molecule has 2 aromatic heterocycles. The van der Waals surface area contributed by atoms with Crippen LogP contribution in [0, 0.1) is 5.41 Å². The number of pyridine rings is 1. The molecular weight excluding hydrogens is 298 g/mol. The number of rotatable bonds is 6. The Morgan fingerprint density at radius 3 is 2.82 bits per heavy atom. The molecule has 0 aliphatic heterocycles. The molecular formula is C15H19N5OS. The van der Waals surface area contributed by atoms with Gasteiger partial charge >= 0.3 is 0 Å². The van der Waals surface area contributed by atoms with Crippen LogP contribution in [-0.2, 0) is 6.54 Å². The molecule has 0 radical (unpaired) electrons. The van der Waals surface area contributed by atoms with E-state index in [0.29, 0.717) is 34.9 Å². The van der Waals surface area contributed by atoms with Gasteiger partial charge in [0.25, 0.3) is 5.56 Å². The van der Waals surface area contributed by atoms with Crippen LogP contribution < -0.4 is 10.9 Å². The highest BCUT2D eigenvalue weighted by molar-refractivity contribution is 8.02. The van der Waals surface area contributed by atoms with Gasteiger partial charge in [-0.2, -0.15) is 0 Å². The van der Waals surface area contributed by atoms with Crippen LogP contribution >= 0.6 is 11.8 Å². The molecule has 0 aliphatic rings. The van der Waals surface area contributed by atoms with Gasteiger partial charge in [-0.15, -0.1) is 11.8 Å². The van der Waals surface area contributed by atoms with E-state index in [9.17, 15) is 4.79 Å². The second kappa shape index (κ2) is 6.65. The Labute approximate surface area is 133 Å². The van der Waals surface area contributed by atoms with Crippen molar-refractivity contribution < 1.29 is 0 Å². The van der Waals surface area contributed by atoms with Gasteiger partial charge in [0.05, 0.1) is 28.8 Å². The van der Waals surface area contributed by atoms with Gasteiger partial charge in [-0.3, -0.25) is 9.36 Å². The summed E-state index contributed by atoms with van der Waals surface area (Å²) in [7, 11) is 0. The summed E-state index contributed by atoms with van der Waals surface area (Å²) in [6.45, 7) is 7.98. The zero-order valence-corrected chi connectivity index (χ0v) is 13.7. The summed E-state index contributed by atoms with van der Waals surface area (Å²) in [6.07, 6.45) is 5.04. The van der Waals surface area contributed by atoms with Crippen molar-refractivity contribution in [2.75, 3.05) is 11.6 Å². The first-order valence-electron chi connectivity index (χ1n) is 6.81. The fraction of sp³-hybridized carbons (Fsp3) is 0.267. The van der Waals surface area contributed by atoms with Crippen LogP contribution in [0.4, 0.5) is 5.82 Å². The molecule has 0 saturated heterocycles. The van der Waals surface area contributed by atoms with E-state index in [-0.39, 0.29) is 5.56 Å². The van der Waals surface area contributed by atoms with Crippen molar-refractivity contribution in [3.8, 4) is 11.3 Å². The lowest BCUT2D eigenvalue weighted by atomic mass is 10.1. The zero-order chi connectivity index (χ0) is 16.3. The van der Waals surface area contributed by atoms with Crippen molar-refractivity contribution >= 4 is 23.3 Å². The minimum atomic E-state index is -0.131. The summed E-state index contributed by atoms with van der Waals surface area (Å²) >= 11 is 1.46. The third-order valence-corrected chi connectivity index (χ3v) is 3.90. The number of aromatic nitrogens is 3. The van der Waals surface area contributed by atoms with Gasteiger partial charge in [-0.05, 0) is 26.2 Å². The van der Waals surface area contributed by atoms with Gasteiger partial charge in [0.1, 0.15) is 5.82 Å². The summed E-state index contributed by atoms with van der Waals surface area (Å²) in [6, 6.07) is 1.72. The summed E-state index contributed by atoms with van der Waals surface area (Å²) in [4.78, 5) is 19.6. The molecule has 2 heterocycles. The standard InChI is InChI=1S/C15H19N5OS/c1-5-20-14(19-10(3)22-4)11(9(2)16)6-12(15(20)21)13-7-17-8-18-13/h6-8,16,19H,3,5H2,1-2,4H3,(H,17,18). The molecule has 0 bridgehead atoms. The first-order valence-corrected chi connectivity index (χ1v) is 8.04. The quantitative estimate of drug-likeness (QED) is 0.715. The second-order valence-corrected chi connectivity index (χ2v) is 5.61. The maximum atomic E-state index is 12.7. The van der Waals surface area contributed by atoms with Crippen LogP contribution in [0.3, 0.4) is 0 Å². The lowest BCUT2D eigenvalue weighted by Crippen LogP contribution is -2.26. The van der Waals surface area contributed by atoms with E-state index in [2.05, 4.69) is 21.9 Å². The molecule has 3 N–H and O–H groups in total. The minimum Gasteiger partial charge on any atom is -0.344 e. The molecule has 22 heavy (non-hydrogen) atoms. The summed E-state index contributed by atoms with van der Waals surface area (Å²) < 4.78 is 1.62. The summed E-state index contributed by atoms with van der Waals surface area (Å²) in [5.41, 5.74) is 2.06. The van der Waals surface area contributed by atoms with Crippen molar-refractivity contribution in [1.29, 1.82) is 5.41 Å². The highest BCUT2D eigenvalue weighted by Gasteiger charge is 2.17. The predicted molar refractivity (Wildman–Crippen MR) is 92.7 cm³/mol. The Bertz CT molecular complexity index is 761. The van der Waals surface area contributed by atoms with E-state index in [0.717, 1.165) is 5.03 Å². The first-order chi connectivity index (χ1) is 10.5. The molecule has 0 fully saturated rings. The Balaban J connectivity index is 2.73. The Morgan fingerprint density at radius 1 is 1.59 bits per heavy atom. The molecule has 0 aliphatic carbocycles. The van der Waals surface area contributed by atoms with E-state index < -0.39 is 0 Å². The largest absolute Gasteiger partial charge is 0.344 e. The molecule has 7 heteroatoms. The third kappa shape index (κ3) is 2.99. The van der Waals surface area contributed by atoms with E-state index in [1.165, 1.54) is 18.1 Å². The average molecular weight is 317 g/mol. The van der Waals surface area contributed by atoms with E-state index in [1.54, 1.807) is 23.8 Å². The van der Waals surface area contributed by atoms with Crippen LogP contribution in [0.25, 0.3) is 11.3 Å². The molecule has 0 aromatic carbocycles. The molecule has 0 unspecified atom stereocenters. The number of imidazole rings is 1. The van der Waals surface area contributed by atoms with E-state index >= 15 is 0 Å². The van der Waals surface area contributed by atoms with Crippen LogP contribution in [0.15, 0.2) is 35.0 Å². The highest BCUT2D eigenvalue weighted by Crippen LogP contribution is 2.24. The fourth-order valence-corrected chi connectivity index (χ4v) is 2.37. The van der Waals surface area contributed by atoms with Crippen molar-refractivity contribution in [3.05, 3.63) is 46.1 Å². The van der Waals surface area contributed by atoms with Crippen molar-refractivity contribution in [2.24, 2.45) is 0 Å². The van der Waals surface area contributed by atoms with Gasteiger partial charge in [0, 0.05) is 17.8 Å². The maximum Gasteiger partial charge on any atom is 0.261 e. The van der Waals surface area contributed by atoms with E-state index in [4.69, 9.17) is 5.41 Å².